The van der Waals surface area contributed by atoms with E-state index in [0.29, 0.717) is 37.1 Å². The number of allylic oxidation sites excluding steroid dienone is 2. The van der Waals surface area contributed by atoms with Crippen molar-refractivity contribution in [2.24, 2.45) is 17.6 Å². The lowest BCUT2D eigenvalue weighted by Gasteiger charge is -2.39. The normalized spacial score (nSPS) is 22.6. The Labute approximate surface area is 502 Å². The number of nitrogens with two attached hydrogens (primary N) is 1. The Hall–Kier alpha value is -8.08. The Morgan fingerprint density at radius 1 is 0.779 bits per heavy atom. The van der Waals surface area contributed by atoms with Crippen molar-refractivity contribution in [3.05, 3.63) is 125 Å². The molecule has 0 radical (unpaired) electrons. The number of ether oxygens (including phenoxy) is 6. The second-order valence-corrected chi connectivity index (χ2v) is 23.0. The fourth-order valence-corrected chi connectivity index (χ4v) is 11.0. The van der Waals surface area contributed by atoms with Crippen molar-refractivity contribution in [2.45, 2.75) is 160 Å². The molecule has 22 nitrogen and oxygen atoms in total. The Bertz CT molecular complexity index is 2920. The number of alkyl carbamates (subject to hydrolysis) is 2. The number of nitrogens with one attached hydrogen (secondary N) is 7. The molecule has 0 saturated carbocycles. The van der Waals surface area contributed by atoms with E-state index in [9.17, 15) is 38.4 Å². The van der Waals surface area contributed by atoms with Crippen LogP contribution in [0.25, 0.3) is 11.1 Å². The second-order valence-electron chi connectivity index (χ2n) is 23.0. The molecule has 3 aliphatic heterocycles. The highest BCUT2D eigenvalue weighted by Crippen LogP contribution is 2.45. The summed E-state index contributed by atoms with van der Waals surface area (Å²) in [6.45, 7) is 13.6. The zero-order valence-electron chi connectivity index (χ0n) is 50.2. The number of urea groups is 1. The number of rotatable bonds is 27. The Morgan fingerprint density at radius 2 is 1.47 bits per heavy atom. The summed E-state index contributed by atoms with van der Waals surface area (Å²) in [5.74, 6) is -2.44. The summed E-state index contributed by atoms with van der Waals surface area (Å²) in [5.41, 5.74) is 11.2. The number of benzene rings is 3. The van der Waals surface area contributed by atoms with Crippen LogP contribution in [0.5, 0.6) is 0 Å². The molecule has 86 heavy (non-hydrogen) atoms. The monoisotopic (exact) mass is 1190 g/mol. The van der Waals surface area contributed by atoms with Crippen molar-refractivity contribution in [3.63, 3.8) is 0 Å². The van der Waals surface area contributed by atoms with Crippen LogP contribution in [-0.2, 0) is 59.0 Å². The van der Waals surface area contributed by atoms with Crippen LogP contribution in [0, 0.1) is 11.8 Å². The maximum absolute atomic E-state index is 13.8. The number of anilines is 1. The van der Waals surface area contributed by atoms with Crippen LogP contribution in [-0.4, -0.2) is 135 Å². The summed E-state index contributed by atoms with van der Waals surface area (Å²) in [6, 6.07) is 19.5. The van der Waals surface area contributed by atoms with Gasteiger partial charge in [-0.15, -0.1) is 0 Å². The number of epoxide rings is 1. The van der Waals surface area contributed by atoms with E-state index in [0.717, 1.165) is 34.2 Å². The molecule has 7 rings (SSSR count). The van der Waals surface area contributed by atoms with E-state index in [-0.39, 0.29) is 118 Å². The van der Waals surface area contributed by atoms with Gasteiger partial charge in [-0.2, -0.15) is 0 Å². The van der Waals surface area contributed by atoms with E-state index >= 15 is 0 Å². The molecule has 3 saturated heterocycles. The third kappa shape index (κ3) is 20.0. The van der Waals surface area contributed by atoms with E-state index in [1.165, 1.54) is 13.0 Å². The third-order valence-electron chi connectivity index (χ3n) is 15.6. The molecular formula is C64H84N8O14. The third-order valence-corrected chi connectivity index (χ3v) is 15.6. The number of hydrogen-bond donors (Lipinski definition) is 8. The van der Waals surface area contributed by atoms with Crippen LogP contribution in [0.1, 0.15) is 116 Å². The van der Waals surface area contributed by atoms with Gasteiger partial charge in [0.2, 0.25) is 23.6 Å². The van der Waals surface area contributed by atoms with Gasteiger partial charge in [0.1, 0.15) is 31.4 Å². The molecule has 10 atom stereocenters. The first-order valence-corrected chi connectivity index (χ1v) is 29.6. The molecule has 3 aromatic carbocycles. The van der Waals surface area contributed by atoms with E-state index in [1.54, 1.807) is 51.1 Å². The number of esters is 1. The highest BCUT2D eigenvalue weighted by molar-refractivity contribution is 5.98. The fraction of sp³-hybridized carbons (Fsp3) is 0.500. The van der Waals surface area contributed by atoms with Gasteiger partial charge in [-0.05, 0) is 104 Å². The van der Waals surface area contributed by atoms with Crippen molar-refractivity contribution in [2.75, 3.05) is 38.2 Å². The van der Waals surface area contributed by atoms with Crippen molar-refractivity contribution in [3.8, 4) is 11.1 Å². The number of amides is 8. The molecule has 8 amide bonds. The fourth-order valence-electron chi connectivity index (χ4n) is 11.0. The number of carbonyl (C=O) groups excluding carboxylic acids is 8. The van der Waals surface area contributed by atoms with Gasteiger partial charge in [-0.25, -0.2) is 14.4 Å². The molecule has 4 aliphatic rings. The SMILES string of the molecule is CC(=O)O[C@@H](C)/C=C\C(=O)N[C@@H]1C[C@H](C)[C@H](C/C=C(C)/C=C/[C@@H]2C[C@]3(CO3)C[C@@H](CC(=O)NCCNC(=O)OCc3ccc(NC(=O)[C@H](CCCNC(N)=O)NC(=O)[C@@H](NC(=O)OCC4c5ccccc5-c5ccccc54)C(C)C)cc3)O2)O[C@@H]1C. The van der Waals surface area contributed by atoms with Gasteiger partial charge in [-0.3, -0.25) is 24.0 Å². The van der Waals surface area contributed by atoms with Gasteiger partial charge in [-0.1, -0.05) is 105 Å². The predicted molar refractivity (Wildman–Crippen MR) is 321 cm³/mol. The van der Waals surface area contributed by atoms with E-state index in [4.69, 9.17) is 34.2 Å². The molecule has 0 aromatic heterocycles. The largest absolute Gasteiger partial charge is 0.459 e. The van der Waals surface area contributed by atoms with Crippen LogP contribution in [0.3, 0.4) is 0 Å². The second kappa shape index (κ2) is 31.4. The average molecular weight is 1190 g/mol. The molecule has 3 heterocycles. The standard InChI is InChI=1S/C64H84N8O14/c1-38(2)58(72-63(80)82-36-52-50-15-10-8-13-48(50)49-14-9-11-16-51(49)52)60(77)71-53(17-12-28-67-61(65)78)59(76)69-45-23-21-44(22-24-45)35-81-62(79)68-30-29-66-57(75)32-47-34-64(37-83-64)33-46(86-47)25-18-39(3)19-26-55-40(4)31-54(42(6)85-55)70-56(74)27-20-41(5)84-43(7)73/h8-11,13-16,18-25,27,38,40-42,46-47,52-55,58H,12,17,26,28-37H2,1-7H3,(H,66,75)(H,68,79)(H,69,76)(H,70,74)(H,71,77)(H,72,80)(H3,65,67,78)/b25-18+,27-20-,39-19+/t40-,41-,42+,46+,47+,53-,54+,55-,58-,64+/m0/s1. The van der Waals surface area contributed by atoms with Gasteiger partial charge in [0, 0.05) is 57.1 Å². The smallest absolute Gasteiger partial charge is 0.407 e. The van der Waals surface area contributed by atoms with Crippen LogP contribution >= 0.6 is 0 Å². The molecule has 22 heteroatoms. The molecule has 9 N–H and O–H groups in total. The lowest BCUT2D eigenvalue weighted by atomic mass is 9.88. The molecule has 1 aliphatic carbocycles. The summed E-state index contributed by atoms with van der Waals surface area (Å²) in [7, 11) is 0. The number of carbonyl (C=O) groups is 8. The maximum Gasteiger partial charge on any atom is 0.407 e. The molecule has 3 fully saturated rings. The summed E-state index contributed by atoms with van der Waals surface area (Å²) in [5, 5.41) is 19.3. The van der Waals surface area contributed by atoms with Gasteiger partial charge in [0.25, 0.3) is 0 Å². The topological polar surface area (TPSA) is 305 Å². The Balaban J connectivity index is 0.796. The van der Waals surface area contributed by atoms with Gasteiger partial charge in [0.05, 0.1) is 49.1 Å². The van der Waals surface area contributed by atoms with E-state index in [2.05, 4.69) is 50.2 Å². The highest BCUT2D eigenvalue weighted by atomic mass is 16.6. The van der Waals surface area contributed by atoms with Crippen LogP contribution < -0.4 is 43.0 Å². The lowest BCUT2D eigenvalue weighted by molar-refractivity contribution is -0.143. The molecule has 0 bridgehead atoms. The van der Waals surface area contributed by atoms with E-state index in [1.807, 2.05) is 74.5 Å². The number of hydrogen-bond acceptors (Lipinski definition) is 14. The Kier molecular flexibility index (Phi) is 23.9. The average Bonchev–Trinajstić information content (AvgIpc) is 1.90. The molecule has 0 unspecified atom stereocenters. The first kappa shape index (κ1) is 65.5. The van der Waals surface area contributed by atoms with E-state index < -0.39 is 54.2 Å². The summed E-state index contributed by atoms with van der Waals surface area (Å²) < 4.78 is 34.7. The minimum atomic E-state index is -1.07. The van der Waals surface area contributed by atoms with Crippen molar-refractivity contribution in [1.82, 2.24) is 31.9 Å². The minimum Gasteiger partial charge on any atom is -0.459 e. The summed E-state index contributed by atoms with van der Waals surface area (Å²) >= 11 is 0. The number of fused-ring (bicyclic) bond motifs is 3. The number of primary amides is 1. The zero-order valence-corrected chi connectivity index (χ0v) is 50.2. The van der Waals surface area contributed by atoms with Crippen molar-refractivity contribution >= 4 is 53.5 Å². The van der Waals surface area contributed by atoms with Crippen molar-refractivity contribution < 1.29 is 66.8 Å². The van der Waals surface area contributed by atoms with Gasteiger partial charge in [0.15, 0.2) is 0 Å². The first-order valence-electron chi connectivity index (χ1n) is 29.6. The summed E-state index contributed by atoms with van der Waals surface area (Å²) in [6.07, 6.45) is 9.54. The molecule has 3 aromatic rings. The van der Waals surface area contributed by atoms with Gasteiger partial charge < -0.3 is 71.4 Å². The van der Waals surface area contributed by atoms with Crippen LogP contribution in [0.4, 0.5) is 20.1 Å². The van der Waals surface area contributed by atoms with Crippen molar-refractivity contribution in [1.29, 1.82) is 0 Å². The minimum absolute atomic E-state index is 0.0271. The highest BCUT2D eigenvalue weighted by Gasteiger charge is 2.51. The predicted octanol–water partition coefficient (Wildman–Crippen LogP) is 6.87. The molecular weight excluding hydrogens is 1100 g/mol. The molecule has 1 spiro atoms. The first-order chi connectivity index (χ1) is 41.1. The van der Waals surface area contributed by atoms with Gasteiger partial charge >= 0.3 is 24.2 Å². The maximum atomic E-state index is 13.8. The lowest BCUT2D eigenvalue weighted by Crippen LogP contribution is -2.54. The molecule has 464 valence electrons. The quantitative estimate of drug-likeness (QED) is 0.00965. The summed E-state index contributed by atoms with van der Waals surface area (Å²) in [4.78, 5) is 102. The van der Waals surface area contributed by atoms with Crippen LogP contribution in [0.2, 0.25) is 0 Å². The van der Waals surface area contributed by atoms with Crippen LogP contribution in [0.15, 0.2) is 109 Å². The zero-order chi connectivity index (χ0) is 61.9. The Morgan fingerprint density at radius 3 is 2.13 bits per heavy atom.